The standard InChI is InChI=1S/C20H26N6O2/c1-3-27-19-14-16(15-22-13-7-12-21-2)10-11-18(19)28-20-23-24-25-26(20)17-8-5-4-6-9-17/h4-6,8-11,14,21-22H,3,7,12-13,15H2,1-2H3. The van der Waals surface area contributed by atoms with E-state index in [-0.39, 0.29) is 6.01 Å². The molecule has 148 valence electrons. The van der Waals surface area contributed by atoms with E-state index in [2.05, 4.69) is 26.2 Å². The van der Waals surface area contributed by atoms with E-state index >= 15 is 0 Å². The van der Waals surface area contributed by atoms with Crippen LogP contribution in [0.15, 0.2) is 48.5 Å². The summed E-state index contributed by atoms with van der Waals surface area (Å²) in [4.78, 5) is 0. The first-order chi connectivity index (χ1) is 13.8. The van der Waals surface area contributed by atoms with Crippen molar-refractivity contribution >= 4 is 0 Å². The van der Waals surface area contributed by atoms with Crippen LogP contribution in [0.5, 0.6) is 17.5 Å². The lowest BCUT2D eigenvalue weighted by Gasteiger charge is -2.13. The minimum atomic E-state index is 0.282. The number of para-hydroxylation sites is 1. The lowest BCUT2D eigenvalue weighted by Crippen LogP contribution is -2.19. The third-order valence-corrected chi connectivity index (χ3v) is 4.06. The first kappa shape index (κ1) is 19.8. The molecule has 0 saturated carbocycles. The van der Waals surface area contributed by atoms with Gasteiger partial charge in [-0.2, -0.15) is 4.68 Å². The molecular formula is C20H26N6O2. The number of tetrazole rings is 1. The van der Waals surface area contributed by atoms with Gasteiger partial charge in [0.25, 0.3) is 0 Å². The quantitative estimate of drug-likeness (QED) is 0.493. The summed E-state index contributed by atoms with van der Waals surface area (Å²) in [6.45, 7) is 5.21. The van der Waals surface area contributed by atoms with Crippen LogP contribution in [0.4, 0.5) is 0 Å². The van der Waals surface area contributed by atoms with Gasteiger partial charge in [0, 0.05) is 6.54 Å². The first-order valence-electron chi connectivity index (χ1n) is 9.44. The molecule has 2 aromatic carbocycles. The van der Waals surface area contributed by atoms with Crippen LogP contribution < -0.4 is 20.1 Å². The predicted octanol–water partition coefficient (Wildman–Crippen LogP) is 2.55. The molecule has 1 aromatic heterocycles. The molecule has 0 atom stereocenters. The fraction of sp³-hybridized carbons (Fsp3) is 0.350. The lowest BCUT2D eigenvalue weighted by molar-refractivity contribution is 0.315. The monoisotopic (exact) mass is 382 g/mol. The van der Waals surface area contributed by atoms with Gasteiger partial charge in [-0.05, 0) is 73.7 Å². The average molecular weight is 382 g/mol. The van der Waals surface area contributed by atoms with Crippen molar-refractivity contribution < 1.29 is 9.47 Å². The second-order valence-electron chi connectivity index (χ2n) is 6.16. The lowest BCUT2D eigenvalue weighted by atomic mass is 10.2. The molecule has 0 aliphatic rings. The molecular weight excluding hydrogens is 356 g/mol. The smallest absolute Gasteiger partial charge is 0.346 e. The molecule has 0 aliphatic carbocycles. The van der Waals surface area contributed by atoms with Gasteiger partial charge in [0.2, 0.25) is 0 Å². The van der Waals surface area contributed by atoms with Crippen LogP contribution in [-0.4, -0.2) is 47.0 Å². The van der Waals surface area contributed by atoms with E-state index in [1.807, 2.05) is 62.5 Å². The summed E-state index contributed by atoms with van der Waals surface area (Å²) in [5, 5.41) is 18.3. The third-order valence-electron chi connectivity index (χ3n) is 4.06. The predicted molar refractivity (Wildman–Crippen MR) is 107 cm³/mol. The summed E-state index contributed by atoms with van der Waals surface area (Å²) in [5.74, 6) is 1.24. The molecule has 0 fully saturated rings. The van der Waals surface area contributed by atoms with Crippen molar-refractivity contribution in [2.45, 2.75) is 19.9 Å². The SMILES string of the molecule is CCOc1cc(CNCCCNC)ccc1Oc1nnnn1-c1ccccc1. The number of hydrogen-bond acceptors (Lipinski definition) is 7. The van der Waals surface area contributed by atoms with Gasteiger partial charge in [0.1, 0.15) is 0 Å². The molecule has 8 nitrogen and oxygen atoms in total. The second-order valence-corrected chi connectivity index (χ2v) is 6.16. The first-order valence-corrected chi connectivity index (χ1v) is 9.44. The Labute approximate surface area is 164 Å². The van der Waals surface area contributed by atoms with E-state index in [0.29, 0.717) is 18.1 Å². The van der Waals surface area contributed by atoms with Crippen LogP contribution in [0.1, 0.15) is 18.9 Å². The highest BCUT2D eigenvalue weighted by atomic mass is 16.5. The maximum Gasteiger partial charge on any atom is 0.346 e. The van der Waals surface area contributed by atoms with Gasteiger partial charge >= 0.3 is 6.01 Å². The number of aromatic nitrogens is 4. The number of rotatable bonds is 11. The van der Waals surface area contributed by atoms with Crippen LogP contribution in [0.2, 0.25) is 0 Å². The van der Waals surface area contributed by atoms with Gasteiger partial charge in [-0.15, -0.1) is 0 Å². The highest BCUT2D eigenvalue weighted by Crippen LogP contribution is 2.32. The summed E-state index contributed by atoms with van der Waals surface area (Å²) in [6, 6.07) is 15.8. The molecule has 0 unspecified atom stereocenters. The third kappa shape index (κ3) is 5.28. The molecule has 3 rings (SSSR count). The van der Waals surface area contributed by atoms with E-state index in [9.17, 15) is 0 Å². The van der Waals surface area contributed by atoms with E-state index in [0.717, 1.165) is 37.3 Å². The summed E-state index contributed by atoms with van der Waals surface area (Å²) >= 11 is 0. The highest BCUT2D eigenvalue weighted by Gasteiger charge is 2.14. The molecule has 2 N–H and O–H groups in total. The normalized spacial score (nSPS) is 10.8. The number of nitrogens with zero attached hydrogens (tertiary/aromatic N) is 4. The molecule has 0 amide bonds. The van der Waals surface area contributed by atoms with Crippen molar-refractivity contribution in [1.29, 1.82) is 0 Å². The fourth-order valence-electron chi connectivity index (χ4n) is 2.71. The second kappa shape index (κ2) is 10.4. The Hall–Kier alpha value is -2.97. The summed E-state index contributed by atoms with van der Waals surface area (Å²) in [7, 11) is 1.96. The van der Waals surface area contributed by atoms with Gasteiger partial charge in [-0.25, -0.2) is 0 Å². The molecule has 0 saturated heterocycles. The Balaban J connectivity index is 1.73. The summed E-state index contributed by atoms with van der Waals surface area (Å²) in [5.41, 5.74) is 1.95. The zero-order valence-electron chi connectivity index (χ0n) is 16.3. The molecule has 1 heterocycles. The van der Waals surface area contributed by atoms with Gasteiger partial charge in [0.05, 0.1) is 12.3 Å². The van der Waals surface area contributed by atoms with E-state index in [1.54, 1.807) is 4.68 Å². The van der Waals surface area contributed by atoms with Crippen LogP contribution in [-0.2, 0) is 6.54 Å². The average Bonchev–Trinajstić information content (AvgIpc) is 3.19. The minimum absolute atomic E-state index is 0.282. The van der Waals surface area contributed by atoms with E-state index in [4.69, 9.17) is 9.47 Å². The van der Waals surface area contributed by atoms with Crippen LogP contribution in [0.25, 0.3) is 5.69 Å². The van der Waals surface area contributed by atoms with Gasteiger partial charge in [-0.3, -0.25) is 0 Å². The van der Waals surface area contributed by atoms with E-state index < -0.39 is 0 Å². The Morgan fingerprint density at radius 3 is 2.68 bits per heavy atom. The maximum atomic E-state index is 5.97. The van der Waals surface area contributed by atoms with Crippen molar-refractivity contribution in [3.63, 3.8) is 0 Å². The van der Waals surface area contributed by atoms with Crippen molar-refractivity contribution in [2.75, 3.05) is 26.7 Å². The van der Waals surface area contributed by atoms with E-state index in [1.165, 1.54) is 0 Å². The molecule has 28 heavy (non-hydrogen) atoms. The maximum absolute atomic E-state index is 5.97. The van der Waals surface area contributed by atoms with Crippen molar-refractivity contribution in [1.82, 2.24) is 30.8 Å². The van der Waals surface area contributed by atoms with Crippen molar-refractivity contribution in [3.05, 3.63) is 54.1 Å². The zero-order chi connectivity index (χ0) is 19.6. The van der Waals surface area contributed by atoms with Crippen LogP contribution in [0.3, 0.4) is 0 Å². The summed E-state index contributed by atoms with van der Waals surface area (Å²) in [6.07, 6.45) is 1.08. The molecule has 0 aliphatic heterocycles. The molecule has 0 spiro atoms. The number of hydrogen-bond donors (Lipinski definition) is 2. The topological polar surface area (TPSA) is 86.1 Å². The Morgan fingerprint density at radius 1 is 1.04 bits per heavy atom. The highest BCUT2D eigenvalue weighted by molar-refractivity contribution is 5.44. The Morgan fingerprint density at radius 2 is 1.89 bits per heavy atom. The van der Waals surface area contributed by atoms with Crippen molar-refractivity contribution in [3.8, 4) is 23.2 Å². The fourth-order valence-corrected chi connectivity index (χ4v) is 2.71. The Bertz CT molecular complexity index is 853. The number of nitrogens with one attached hydrogen (secondary N) is 2. The van der Waals surface area contributed by atoms with Crippen LogP contribution in [0, 0.1) is 0 Å². The molecule has 8 heteroatoms. The van der Waals surface area contributed by atoms with Gasteiger partial charge < -0.3 is 20.1 Å². The molecule has 0 bridgehead atoms. The summed E-state index contributed by atoms with van der Waals surface area (Å²) < 4.78 is 13.3. The largest absolute Gasteiger partial charge is 0.490 e. The molecule has 0 radical (unpaired) electrons. The number of ether oxygens (including phenoxy) is 2. The molecule has 3 aromatic rings. The minimum Gasteiger partial charge on any atom is -0.490 e. The van der Waals surface area contributed by atoms with Gasteiger partial charge in [-0.1, -0.05) is 29.4 Å². The zero-order valence-corrected chi connectivity index (χ0v) is 16.3. The van der Waals surface area contributed by atoms with Crippen LogP contribution >= 0.6 is 0 Å². The van der Waals surface area contributed by atoms with Crippen molar-refractivity contribution in [2.24, 2.45) is 0 Å². The van der Waals surface area contributed by atoms with Gasteiger partial charge in [0.15, 0.2) is 11.5 Å². The number of benzene rings is 2. The Kier molecular flexibility index (Phi) is 7.34.